The van der Waals surface area contributed by atoms with E-state index < -0.39 is 0 Å². The van der Waals surface area contributed by atoms with Crippen LogP contribution in [-0.4, -0.2) is 58.2 Å². The van der Waals surface area contributed by atoms with Crippen LogP contribution in [-0.2, 0) is 0 Å². The lowest BCUT2D eigenvalue weighted by Gasteiger charge is -2.28. The van der Waals surface area contributed by atoms with Crippen molar-refractivity contribution in [2.75, 3.05) is 32.1 Å². The van der Waals surface area contributed by atoms with Crippen LogP contribution in [0.3, 0.4) is 0 Å². The van der Waals surface area contributed by atoms with E-state index in [2.05, 4.69) is 20.2 Å². The van der Waals surface area contributed by atoms with Crippen molar-refractivity contribution in [3.8, 4) is 22.8 Å². The van der Waals surface area contributed by atoms with Gasteiger partial charge in [0, 0.05) is 39.7 Å². The van der Waals surface area contributed by atoms with Crippen LogP contribution in [0.15, 0.2) is 34.9 Å². The van der Waals surface area contributed by atoms with E-state index in [1.54, 1.807) is 37.3 Å². The lowest BCUT2D eigenvalue weighted by Crippen LogP contribution is -2.37. The zero-order valence-electron chi connectivity index (χ0n) is 15.5. The average molecular weight is 366 g/mol. The minimum absolute atomic E-state index is 0. The molecule has 2 aromatic heterocycles. The molecule has 3 aromatic rings. The summed E-state index contributed by atoms with van der Waals surface area (Å²) in [7, 11) is 3.46. The van der Waals surface area contributed by atoms with Gasteiger partial charge in [0.1, 0.15) is 5.69 Å². The first-order valence-corrected chi connectivity index (χ1v) is 8.77. The Balaban J connectivity index is 0.00000225. The van der Waals surface area contributed by atoms with Crippen molar-refractivity contribution in [3.63, 3.8) is 0 Å². The summed E-state index contributed by atoms with van der Waals surface area (Å²) in [6.45, 7) is 3.73. The molecule has 0 atom stereocenters. The van der Waals surface area contributed by atoms with Crippen LogP contribution in [0.2, 0.25) is 0 Å². The summed E-state index contributed by atoms with van der Waals surface area (Å²) in [4.78, 5) is 24.7. The minimum Gasteiger partial charge on any atom is -0.401 e. The molecule has 1 fully saturated rings. The maximum Gasteiger partial charge on any atom is 0.318 e. The number of hydrogen-bond acceptors (Lipinski definition) is 7. The molecule has 0 bridgehead atoms. The van der Waals surface area contributed by atoms with Crippen molar-refractivity contribution in [2.45, 2.75) is 13.3 Å². The van der Waals surface area contributed by atoms with Gasteiger partial charge < -0.3 is 14.2 Å². The predicted molar refractivity (Wildman–Crippen MR) is 102 cm³/mol. The maximum atomic E-state index is 12.0. The number of aromatic nitrogens is 4. The molecule has 8 heteroatoms. The summed E-state index contributed by atoms with van der Waals surface area (Å²) in [5, 5.41) is 8.24. The monoisotopic (exact) mass is 366 g/mol. The Bertz CT molecular complexity index is 982. The summed E-state index contributed by atoms with van der Waals surface area (Å²) in [6.07, 6.45) is 2.84. The molecule has 1 aliphatic rings. The molecular weight excluding hydrogens is 344 g/mol. The summed E-state index contributed by atoms with van der Waals surface area (Å²) in [5.74, 6) is 0.324. The van der Waals surface area contributed by atoms with Gasteiger partial charge in [-0.15, -0.1) is 5.10 Å². The Hall–Kier alpha value is -3.29. The number of benzene rings is 1. The van der Waals surface area contributed by atoms with E-state index in [9.17, 15) is 4.79 Å². The van der Waals surface area contributed by atoms with E-state index in [1.165, 1.54) is 0 Å². The molecule has 0 aliphatic carbocycles. The molecule has 140 valence electrons. The first-order valence-electron chi connectivity index (χ1n) is 8.77. The third kappa shape index (κ3) is 3.25. The SMILES string of the molecule is Cc1ncc(-c2ccc(C(=O)N(C)C)cc2)nc1-c1nnc(N2CCC2)o1.[HH]. The van der Waals surface area contributed by atoms with E-state index in [-0.39, 0.29) is 7.33 Å². The number of rotatable bonds is 4. The molecule has 1 aromatic carbocycles. The quantitative estimate of drug-likeness (QED) is 0.701. The minimum atomic E-state index is -0.0402. The van der Waals surface area contributed by atoms with Gasteiger partial charge in [0.25, 0.3) is 11.8 Å². The molecule has 8 nitrogen and oxygen atoms in total. The van der Waals surface area contributed by atoms with Crippen LogP contribution in [0.1, 0.15) is 23.9 Å². The molecule has 3 heterocycles. The number of hydrogen-bond donors (Lipinski definition) is 0. The van der Waals surface area contributed by atoms with Crippen molar-refractivity contribution in [1.82, 2.24) is 25.1 Å². The van der Waals surface area contributed by atoms with Gasteiger partial charge in [-0.3, -0.25) is 9.78 Å². The fourth-order valence-corrected chi connectivity index (χ4v) is 2.78. The van der Waals surface area contributed by atoms with Crippen LogP contribution in [0.4, 0.5) is 6.01 Å². The molecule has 1 saturated heterocycles. The van der Waals surface area contributed by atoms with Gasteiger partial charge in [0.05, 0.1) is 17.6 Å². The third-order valence-electron chi connectivity index (χ3n) is 4.53. The zero-order chi connectivity index (χ0) is 19.0. The fraction of sp³-hybridized carbons (Fsp3) is 0.316. The predicted octanol–water partition coefficient (Wildman–Crippen LogP) is 2.66. The second kappa shape index (κ2) is 6.79. The van der Waals surface area contributed by atoms with Gasteiger partial charge in [-0.2, -0.15) is 0 Å². The van der Waals surface area contributed by atoms with E-state index in [0.717, 1.165) is 30.8 Å². The zero-order valence-corrected chi connectivity index (χ0v) is 15.5. The topological polar surface area (TPSA) is 88.2 Å². The van der Waals surface area contributed by atoms with Crippen molar-refractivity contribution in [3.05, 3.63) is 41.7 Å². The number of amides is 1. The summed E-state index contributed by atoms with van der Waals surface area (Å²) < 4.78 is 5.77. The molecule has 0 spiro atoms. The number of carbonyl (C=O) groups is 1. The number of anilines is 1. The Kier molecular flexibility index (Phi) is 4.31. The first kappa shape index (κ1) is 17.1. The maximum absolute atomic E-state index is 12.0. The lowest BCUT2D eigenvalue weighted by atomic mass is 10.1. The number of nitrogens with zero attached hydrogens (tertiary/aromatic N) is 6. The van der Waals surface area contributed by atoms with Crippen LogP contribution in [0, 0.1) is 6.92 Å². The van der Waals surface area contributed by atoms with Gasteiger partial charge in [-0.25, -0.2) is 4.98 Å². The molecule has 0 unspecified atom stereocenters. The van der Waals surface area contributed by atoms with Crippen molar-refractivity contribution < 1.29 is 10.6 Å². The Morgan fingerprint density at radius 2 is 1.93 bits per heavy atom. The smallest absolute Gasteiger partial charge is 0.318 e. The van der Waals surface area contributed by atoms with Gasteiger partial charge in [-0.1, -0.05) is 17.2 Å². The van der Waals surface area contributed by atoms with Gasteiger partial charge in [0.15, 0.2) is 0 Å². The summed E-state index contributed by atoms with van der Waals surface area (Å²) >= 11 is 0. The van der Waals surface area contributed by atoms with Crippen LogP contribution < -0.4 is 4.90 Å². The highest BCUT2D eigenvalue weighted by Gasteiger charge is 2.22. The van der Waals surface area contributed by atoms with Crippen molar-refractivity contribution >= 4 is 11.9 Å². The molecule has 1 aliphatic heterocycles. The summed E-state index contributed by atoms with van der Waals surface area (Å²) in [6, 6.07) is 7.81. The Morgan fingerprint density at radius 3 is 2.56 bits per heavy atom. The molecule has 27 heavy (non-hydrogen) atoms. The molecular formula is C19H22N6O2. The molecule has 0 saturated carbocycles. The highest BCUT2D eigenvalue weighted by molar-refractivity contribution is 5.94. The van der Waals surface area contributed by atoms with Crippen LogP contribution in [0.5, 0.6) is 0 Å². The van der Waals surface area contributed by atoms with Gasteiger partial charge in [0.2, 0.25) is 0 Å². The number of carbonyl (C=O) groups excluding carboxylic acids is 1. The first-order chi connectivity index (χ1) is 13.0. The van der Waals surface area contributed by atoms with Gasteiger partial charge in [-0.05, 0) is 25.5 Å². The second-order valence-corrected chi connectivity index (χ2v) is 6.70. The average Bonchev–Trinajstić information content (AvgIpc) is 3.09. The van der Waals surface area contributed by atoms with E-state index in [0.29, 0.717) is 28.9 Å². The molecule has 1 amide bonds. The highest BCUT2D eigenvalue weighted by atomic mass is 16.4. The van der Waals surface area contributed by atoms with E-state index in [1.807, 2.05) is 24.0 Å². The normalized spacial score (nSPS) is 13.4. The largest absolute Gasteiger partial charge is 0.401 e. The van der Waals surface area contributed by atoms with Crippen LogP contribution in [0.25, 0.3) is 22.8 Å². The molecule has 4 rings (SSSR count). The van der Waals surface area contributed by atoms with Crippen LogP contribution >= 0.6 is 0 Å². The second-order valence-electron chi connectivity index (χ2n) is 6.70. The van der Waals surface area contributed by atoms with Crippen molar-refractivity contribution in [1.29, 1.82) is 0 Å². The van der Waals surface area contributed by atoms with E-state index >= 15 is 0 Å². The standard InChI is InChI=1S/C19H20N6O2.H2/c1-12-16(17-22-23-19(27-17)25-9-4-10-25)21-15(11-20-12)13-5-7-14(8-6-13)18(26)24(2)3;/h5-8,11H,4,9-10H2,1-3H3;1H. The highest BCUT2D eigenvalue weighted by Crippen LogP contribution is 2.27. The molecule has 0 radical (unpaired) electrons. The molecule has 0 N–H and O–H groups in total. The third-order valence-corrected chi connectivity index (χ3v) is 4.53. The lowest BCUT2D eigenvalue weighted by molar-refractivity contribution is 0.0827. The summed E-state index contributed by atoms with van der Waals surface area (Å²) in [5.41, 5.74) is 3.46. The fourth-order valence-electron chi connectivity index (χ4n) is 2.78. The van der Waals surface area contributed by atoms with E-state index in [4.69, 9.17) is 4.42 Å². The Morgan fingerprint density at radius 1 is 1.19 bits per heavy atom. The van der Waals surface area contributed by atoms with Crippen molar-refractivity contribution in [2.24, 2.45) is 0 Å². The van der Waals surface area contributed by atoms with Gasteiger partial charge >= 0.3 is 6.01 Å². The number of aryl methyl sites for hydroxylation is 1. The Labute approximate surface area is 158 Å².